The summed E-state index contributed by atoms with van der Waals surface area (Å²) in [6.07, 6.45) is 0.127. The third kappa shape index (κ3) is 4.41. The van der Waals surface area contributed by atoms with Crippen molar-refractivity contribution >= 4 is 11.8 Å². The van der Waals surface area contributed by atoms with Crippen LogP contribution in [0.5, 0.6) is 0 Å². The number of rotatable bonds is 7. The summed E-state index contributed by atoms with van der Waals surface area (Å²) < 4.78 is 5.76. The normalized spacial score (nSPS) is 16.2. The number of benzene rings is 4. The van der Waals surface area contributed by atoms with Gasteiger partial charge in [0, 0.05) is 6.42 Å². The number of hydrogen-bond donors (Lipinski definition) is 0. The van der Waals surface area contributed by atoms with E-state index in [-0.39, 0.29) is 31.3 Å². The fraction of sp³-hybridized carbons (Fsp3) is 0.161. The van der Waals surface area contributed by atoms with E-state index in [1.54, 1.807) is 0 Å². The van der Waals surface area contributed by atoms with Crippen molar-refractivity contribution in [3.8, 4) is 0 Å². The fourth-order valence-corrected chi connectivity index (χ4v) is 5.11. The van der Waals surface area contributed by atoms with Crippen molar-refractivity contribution in [2.75, 3.05) is 6.54 Å². The molecule has 4 aromatic rings. The molecule has 1 aliphatic heterocycles. The Kier molecular flexibility index (Phi) is 6.55. The standard InChI is InChI=1S/C31H27NO3/c33-28-21-29(30(34)35-23-24-13-5-1-6-14-24)32(22-28)31(25-15-7-2-8-16-25,26-17-9-3-10-18-26)27-19-11-4-12-20-27/h1-20,29H,21-23H2/t29-/m0/s1. The van der Waals surface area contributed by atoms with Gasteiger partial charge in [-0.05, 0) is 22.3 Å². The highest BCUT2D eigenvalue weighted by Crippen LogP contribution is 2.45. The highest BCUT2D eigenvalue weighted by molar-refractivity contribution is 5.92. The number of Topliss-reactive ketones (excluding diaryl/α,β-unsaturated/α-hetero) is 1. The molecular weight excluding hydrogens is 434 g/mol. The van der Waals surface area contributed by atoms with Crippen LogP contribution in [-0.2, 0) is 26.5 Å². The maximum atomic E-state index is 13.5. The van der Waals surface area contributed by atoms with Crippen molar-refractivity contribution in [2.24, 2.45) is 0 Å². The van der Waals surface area contributed by atoms with Gasteiger partial charge in [0.15, 0.2) is 0 Å². The van der Waals surface area contributed by atoms with Gasteiger partial charge in [0.2, 0.25) is 0 Å². The lowest BCUT2D eigenvalue weighted by atomic mass is 9.75. The van der Waals surface area contributed by atoms with Gasteiger partial charge in [-0.1, -0.05) is 121 Å². The van der Waals surface area contributed by atoms with Crippen molar-refractivity contribution in [1.82, 2.24) is 4.90 Å². The van der Waals surface area contributed by atoms with Crippen LogP contribution < -0.4 is 0 Å². The maximum Gasteiger partial charge on any atom is 0.324 e. The zero-order valence-electron chi connectivity index (χ0n) is 19.4. The SMILES string of the molecule is O=C1C[C@@H](C(=O)OCc2ccccc2)N(C(c2ccccc2)(c2ccccc2)c2ccccc2)C1. The van der Waals surface area contributed by atoms with E-state index in [1.807, 2.05) is 89.8 Å². The molecule has 0 aliphatic carbocycles. The Morgan fingerprint density at radius 2 is 1.14 bits per heavy atom. The highest BCUT2D eigenvalue weighted by atomic mass is 16.5. The van der Waals surface area contributed by atoms with E-state index >= 15 is 0 Å². The van der Waals surface area contributed by atoms with Crippen molar-refractivity contribution < 1.29 is 14.3 Å². The van der Waals surface area contributed by atoms with Crippen LogP contribution in [-0.4, -0.2) is 29.2 Å². The van der Waals surface area contributed by atoms with E-state index in [0.717, 1.165) is 22.3 Å². The van der Waals surface area contributed by atoms with Gasteiger partial charge in [-0.2, -0.15) is 0 Å². The van der Waals surface area contributed by atoms with E-state index in [1.165, 1.54) is 0 Å². The second kappa shape index (κ2) is 10.1. The molecule has 4 aromatic carbocycles. The summed E-state index contributed by atoms with van der Waals surface area (Å²) in [6.45, 7) is 0.330. The molecule has 0 bridgehead atoms. The van der Waals surface area contributed by atoms with Crippen LogP contribution in [0.25, 0.3) is 0 Å². The number of carbonyl (C=O) groups excluding carboxylic acids is 2. The summed E-state index contributed by atoms with van der Waals surface area (Å²) in [7, 11) is 0. The Morgan fingerprint density at radius 1 is 0.714 bits per heavy atom. The molecule has 1 fully saturated rings. The molecule has 4 nitrogen and oxygen atoms in total. The maximum absolute atomic E-state index is 13.5. The Bertz CT molecular complexity index is 1180. The molecule has 0 radical (unpaired) electrons. The molecule has 174 valence electrons. The molecule has 0 saturated carbocycles. The number of ketones is 1. The average molecular weight is 462 g/mol. The average Bonchev–Trinajstić information content (AvgIpc) is 3.32. The third-order valence-electron chi connectivity index (χ3n) is 6.65. The number of hydrogen-bond acceptors (Lipinski definition) is 4. The molecule has 0 unspecified atom stereocenters. The molecule has 1 atom stereocenters. The van der Waals surface area contributed by atoms with Gasteiger partial charge in [0.1, 0.15) is 18.4 Å². The third-order valence-corrected chi connectivity index (χ3v) is 6.65. The number of nitrogens with zero attached hydrogens (tertiary/aromatic N) is 1. The molecule has 0 amide bonds. The lowest BCUT2D eigenvalue weighted by Crippen LogP contribution is -2.53. The number of likely N-dealkylation sites (tertiary alicyclic amines) is 1. The highest BCUT2D eigenvalue weighted by Gasteiger charge is 2.51. The summed E-state index contributed by atoms with van der Waals surface area (Å²) >= 11 is 0. The minimum atomic E-state index is -0.841. The minimum Gasteiger partial charge on any atom is -0.460 e. The van der Waals surface area contributed by atoms with Crippen LogP contribution in [0.15, 0.2) is 121 Å². The van der Waals surface area contributed by atoms with E-state index in [2.05, 4.69) is 36.4 Å². The summed E-state index contributed by atoms with van der Waals surface area (Å²) in [4.78, 5) is 28.5. The first-order valence-electron chi connectivity index (χ1n) is 11.8. The van der Waals surface area contributed by atoms with E-state index in [9.17, 15) is 9.59 Å². The fourth-order valence-electron chi connectivity index (χ4n) is 5.11. The molecule has 5 rings (SSSR count). The molecule has 4 heteroatoms. The van der Waals surface area contributed by atoms with Gasteiger partial charge in [-0.3, -0.25) is 14.5 Å². The Morgan fingerprint density at radius 3 is 1.60 bits per heavy atom. The zero-order chi connectivity index (χ0) is 24.1. The zero-order valence-corrected chi connectivity index (χ0v) is 19.4. The van der Waals surface area contributed by atoms with Crippen LogP contribution >= 0.6 is 0 Å². The molecule has 0 spiro atoms. The molecular formula is C31H27NO3. The van der Waals surface area contributed by atoms with Crippen LogP contribution in [0, 0.1) is 0 Å². The minimum absolute atomic E-state index is 0.0267. The first-order valence-corrected chi connectivity index (χ1v) is 11.8. The predicted octanol–water partition coefficient (Wildman–Crippen LogP) is 5.37. The van der Waals surface area contributed by atoms with Gasteiger partial charge in [-0.25, -0.2) is 0 Å². The quantitative estimate of drug-likeness (QED) is 0.274. The van der Waals surface area contributed by atoms with Crippen molar-refractivity contribution in [1.29, 1.82) is 0 Å². The first kappa shape index (κ1) is 22.8. The largest absolute Gasteiger partial charge is 0.460 e. The monoisotopic (exact) mass is 461 g/mol. The van der Waals surface area contributed by atoms with Crippen molar-refractivity contribution in [3.63, 3.8) is 0 Å². The topological polar surface area (TPSA) is 46.6 Å². The van der Waals surface area contributed by atoms with Gasteiger partial charge in [0.05, 0.1) is 12.1 Å². The second-order valence-electron chi connectivity index (χ2n) is 8.79. The predicted molar refractivity (Wildman–Crippen MR) is 136 cm³/mol. The van der Waals surface area contributed by atoms with Crippen LogP contribution in [0.4, 0.5) is 0 Å². The Balaban J connectivity index is 1.64. The van der Waals surface area contributed by atoms with Crippen molar-refractivity contribution in [3.05, 3.63) is 144 Å². The van der Waals surface area contributed by atoms with E-state index < -0.39 is 11.6 Å². The van der Waals surface area contributed by atoms with Gasteiger partial charge < -0.3 is 4.74 Å². The van der Waals surface area contributed by atoms with Crippen molar-refractivity contribution in [2.45, 2.75) is 24.6 Å². The van der Waals surface area contributed by atoms with Crippen LogP contribution in [0.2, 0.25) is 0 Å². The Hall–Kier alpha value is -4.02. The van der Waals surface area contributed by atoms with Gasteiger partial charge in [0.25, 0.3) is 0 Å². The number of ether oxygens (including phenoxy) is 1. The molecule has 0 aromatic heterocycles. The van der Waals surface area contributed by atoms with Crippen LogP contribution in [0.3, 0.4) is 0 Å². The molecule has 1 saturated heterocycles. The smallest absolute Gasteiger partial charge is 0.324 e. The summed E-state index contributed by atoms with van der Waals surface area (Å²) in [5, 5.41) is 0. The Labute approximate surface area is 205 Å². The number of esters is 1. The second-order valence-corrected chi connectivity index (χ2v) is 8.79. The van der Waals surface area contributed by atoms with E-state index in [0.29, 0.717) is 0 Å². The van der Waals surface area contributed by atoms with Gasteiger partial charge in [-0.15, -0.1) is 0 Å². The van der Waals surface area contributed by atoms with Crippen LogP contribution in [0.1, 0.15) is 28.7 Å². The number of carbonyl (C=O) groups is 2. The summed E-state index contributed by atoms with van der Waals surface area (Å²) in [6, 6.07) is 39.2. The lowest BCUT2D eigenvalue weighted by molar-refractivity contribution is -0.151. The summed E-state index contributed by atoms with van der Waals surface area (Å²) in [5.74, 6) is -0.356. The molecule has 1 heterocycles. The molecule has 35 heavy (non-hydrogen) atoms. The molecule has 1 aliphatic rings. The lowest BCUT2D eigenvalue weighted by Gasteiger charge is -2.45. The van der Waals surface area contributed by atoms with Gasteiger partial charge >= 0.3 is 5.97 Å². The summed E-state index contributed by atoms with van der Waals surface area (Å²) in [5.41, 5.74) is 3.05. The van der Waals surface area contributed by atoms with E-state index in [4.69, 9.17) is 4.74 Å². The molecule has 0 N–H and O–H groups in total. The first-order chi connectivity index (χ1) is 17.2.